The average Bonchev–Trinajstić information content (AvgIpc) is 2.16. The number of hydrogen-bond donors (Lipinski definition) is 1. The largest absolute Gasteiger partial charge is 0.488 e. The van der Waals surface area contributed by atoms with Crippen molar-refractivity contribution < 1.29 is 9.84 Å². The molecule has 1 aromatic rings. The molecule has 1 aliphatic rings. The van der Waals surface area contributed by atoms with Crippen LogP contribution in [0.15, 0.2) is 18.2 Å². The first kappa shape index (κ1) is 8.57. The van der Waals surface area contributed by atoms with E-state index in [-0.39, 0.29) is 12.7 Å². The quantitative estimate of drug-likeness (QED) is 0.709. The van der Waals surface area contributed by atoms with E-state index in [0.717, 1.165) is 18.6 Å². The van der Waals surface area contributed by atoms with E-state index >= 15 is 0 Å². The minimum atomic E-state index is -0.00528. The Morgan fingerprint density at radius 3 is 3.15 bits per heavy atom. The number of aliphatic hydroxyl groups excluding tert-OH is 1. The molecular formula is C11H14O2. The van der Waals surface area contributed by atoms with Crippen molar-refractivity contribution in [3.05, 3.63) is 29.3 Å². The number of fused-ring (bicyclic) bond motifs is 1. The van der Waals surface area contributed by atoms with E-state index in [1.165, 1.54) is 11.1 Å². The average molecular weight is 178 g/mol. The van der Waals surface area contributed by atoms with Crippen LogP contribution in [0, 0.1) is 6.92 Å². The van der Waals surface area contributed by atoms with E-state index in [0.29, 0.717) is 0 Å². The summed E-state index contributed by atoms with van der Waals surface area (Å²) in [5, 5.41) is 8.96. The van der Waals surface area contributed by atoms with Gasteiger partial charge in [-0.1, -0.05) is 12.1 Å². The van der Waals surface area contributed by atoms with Crippen LogP contribution in [-0.2, 0) is 6.42 Å². The second-order valence-electron chi connectivity index (χ2n) is 3.57. The molecule has 1 N–H and O–H groups in total. The third-order valence-corrected chi connectivity index (χ3v) is 2.46. The molecule has 0 radical (unpaired) electrons. The Morgan fingerprint density at radius 2 is 2.38 bits per heavy atom. The first-order valence-corrected chi connectivity index (χ1v) is 4.66. The van der Waals surface area contributed by atoms with Crippen LogP contribution in [0.25, 0.3) is 0 Å². The molecule has 1 unspecified atom stereocenters. The Hall–Kier alpha value is -1.02. The van der Waals surface area contributed by atoms with E-state index in [9.17, 15) is 0 Å². The van der Waals surface area contributed by atoms with Crippen LogP contribution in [0.3, 0.4) is 0 Å². The van der Waals surface area contributed by atoms with Crippen LogP contribution in [0.1, 0.15) is 17.5 Å². The van der Waals surface area contributed by atoms with Gasteiger partial charge in [-0.25, -0.2) is 0 Å². The van der Waals surface area contributed by atoms with E-state index in [4.69, 9.17) is 9.84 Å². The summed E-state index contributed by atoms with van der Waals surface area (Å²) < 4.78 is 5.61. The standard InChI is InChI=1S/C11H14O2/c1-8-2-3-9-4-5-10(7-12)13-11(9)6-8/h2-3,6,10,12H,4-5,7H2,1H3. The third-order valence-electron chi connectivity index (χ3n) is 2.46. The first-order valence-electron chi connectivity index (χ1n) is 4.66. The van der Waals surface area contributed by atoms with Gasteiger partial charge in [0.25, 0.3) is 0 Å². The molecule has 0 spiro atoms. The van der Waals surface area contributed by atoms with Crippen molar-refractivity contribution >= 4 is 0 Å². The van der Waals surface area contributed by atoms with Gasteiger partial charge in [-0.3, -0.25) is 0 Å². The van der Waals surface area contributed by atoms with Crippen molar-refractivity contribution in [3.63, 3.8) is 0 Å². The number of aliphatic hydroxyl groups is 1. The molecule has 2 heteroatoms. The van der Waals surface area contributed by atoms with Crippen LogP contribution >= 0.6 is 0 Å². The first-order chi connectivity index (χ1) is 6.29. The summed E-state index contributed by atoms with van der Waals surface area (Å²) in [5.41, 5.74) is 2.47. The minimum absolute atomic E-state index is 0.00528. The van der Waals surface area contributed by atoms with Gasteiger partial charge in [-0.2, -0.15) is 0 Å². The van der Waals surface area contributed by atoms with Gasteiger partial charge >= 0.3 is 0 Å². The molecule has 0 bridgehead atoms. The zero-order valence-corrected chi connectivity index (χ0v) is 7.79. The summed E-state index contributed by atoms with van der Waals surface area (Å²) in [4.78, 5) is 0. The van der Waals surface area contributed by atoms with Crippen molar-refractivity contribution in [3.8, 4) is 5.75 Å². The van der Waals surface area contributed by atoms with E-state index in [2.05, 4.69) is 12.1 Å². The molecule has 0 saturated carbocycles. The van der Waals surface area contributed by atoms with Crippen molar-refractivity contribution in [1.82, 2.24) is 0 Å². The van der Waals surface area contributed by atoms with E-state index in [1.807, 2.05) is 13.0 Å². The Labute approximate surface area is 78.2 Å². The van der Waals surface area contributed by atoms with Gasteiger partial charge in [0.1, 0.15) is 11.9 Å². The maximum absolute atomic E-state index is 8.96. The highest BCUT2D eigenvalue weighted by Gasteiger charge is 2.18. The van der Waals surface area contributed by atoms with Crippen LogP contribution < -0.4 is 4.74 Å². The van der Waals surface area contributed by atoms with Crippen molar-refractivity contribution in [1.29, 1.82) is 0 Å². The maximum Gasteiger partial charge on any atom is 0.123 e. The molecule has 13 heavy (non-hydrogen) atoms. The number of ether oxygens (including phenoxy) is 1. The minimum Gasteiger partial charge on any atom is -0.488 e. The molecule has 2 rings (SSSR count). The molecule has 1 atom stereocenters. The molecule has 2 nitrogen and oxygen atoms in total. The predicted molar refractivity (Wildman–Crippen MR) is 51.0 cm³/mol. The zero-order chi connectivity index (χ0) is 9.26. The Morgan fingerprint density at radius 1 is 1.54 bits per heavy atom. The fourth-order valence-corrected chi connectivity index (χ4v) is 1.66. The van der Waals surface area contributed by atoms with E-state index < -0.39 is 0 Å². The fraction of sp³-hybridized carbons (Fsp3) is 0.455. The lowest BCUT2D eigenvalue weighted by Gasteiger charge is -2.24. The van der Waals surface area contributed by atoms with Crippen LogP contribution in [0.5, 0.6) is 5.75 Å². The second-order valence-corrected chi connectivity index (χ2v) is 3.57. The number of hydrogen-bond acceptors (Lipinski definition) is 2. The summed E-state index contributed by atoms with van der Waals surface area (Å²) in [5.74, 6) is 0.949. The molecule has 1 aromatic carbocycles. The van der Waals surface area contributed by atoms with Crippen LogP contribution in [0.2, 0.25) is 0 Å². The highest BCUT2D eigenvalue weighted by Crippen LogP contribution is 2.28. The van der Waals surface area contributed by atoms with Gasteiger partial charge in [0, 0.05) is 0 Å². The SMILES string of the molecule is Cc1ccc2c(c1)OC(CO)CC2. The van der Waals surface area contributed by atoms with Crippen LogP contribution in [0.4, 0.5) is 0 Å². The molecule has 1 aliphatic heterocycles. The second kappa shape index (κ2) is 3.38. The molecule has 0 aliphatic carbocycles. The highest BCUT2D eigenvalue weighted by molar-refractivity contribution is 5.38. The monoisotopic (exact) mass is 178 g/mol. The number of rotatable bonds is 1. The van der Waals surface area contributed by atoms with E-state index in [1.54, 1.807) is 0 Å². The van der Waals surface area contributed by atoms with Crippen molar-refractivity contribution in [2.75, 3.05) is 6.61 Å². The number of benzene rings is 1. The maximum atomic E-state index is 8.96. The Kier molecular flexibility index (Phi) is 2.23. The molecule has 0 fully saturated rings. The predicted octanol–water partition coefficient (Wildman–Crippen LogP) is 1.68. The molecule has 0 aromatic heterocycles. The summed E-state index contributed by atoms with van der Waals surface area (Å²) in [6.07, 6.45) is 1.93. The lowest BCUT2D eigenvalue weighted by atomic mass is 10.0. The summed E-state index contributed by atoms with van der Waals surface area (Å²) in [7, 11) is 0. The van der Waals surface area contributed by atoms with Gasteiger partial charge in [0.05, 0.1) is 6.61 Å². The fourth-order valence-electron chi connectivity index (χ4n) is 1.66. The molecule has 0 amide bonds. The van der Waals surface area contributed by atoms with Crippen molar-refractivity contribution in [2.45, 2.75) is 25.9 Å². The third kappa shape index (κ3) is 1.68. The highest BCUT2D eigenvalue weighted by atomic mass is 16.5. The molecule has 1 heterocycles. The van der Waals surface area contributed by atoms with Gasteiger partial charge in [0.15, 0.2) is 0 Å². The van der Waals surface area contributed by atoms with Gasteiger partial charge in [-0.15, -0.1) is 0 Å². The molecular weight excluding hydrogens is 164 g/mol. The normalized spacial score (nSPS) is 20.6. The lowest BCUT2D eigenvalue weighted by molar-refractivity contribution is 0.0977. The summed E-state index contributed by atoms with van der Waals surface area (Å²) in [6.45, 7) is 2.17. The lowest BCUT2D eigenvalue weighted by Crippen LogP contribution is -2.26. The summed E-state index contributed by atoms with van der Waals surface area (Å²) >= 11 is 0. The van der Waals surface area contributed by atoms with Gasteiger partial charge in [0.2, 0.25) is 0 Å². The topological polar surface area (TPSA) is 29.5 Å². The Bertz CT molecular complexity index is 307. The molecule has 70 valence electrons. The van der Waals surface area contributed by atoms with Gasteiger partial charge in [-0.05, 0) is 37.0 Å². The van der Waals surface area contributed by atoms with Crippen molar-refractivity contribution in [2.24, 2.45) is 0 Å². The molecule has 0 saturated heterocycles. The summed E-state index contributed by atoms with van der Waals surface area (Å²) in [6, 6.07) is 6.25. The zero-order valence-electron chi connectivity index (χ0n) is 7.79. The van der Waals surface area contributed by atoms with Crippen LogP contribution in [-0.4, -0.2) is 17.8 Å². The van der Waals surface area contributed by atoms with Gasteiger partial charge < -0.3 is 9.84 Å². The number of aryl methyl sites for hydroxylation is 2. The Balaban J connectivity index is 2.27. The smallest absolute Gasteiger partial charge is 0.123 e.